The molecule has 22 heavy (non-hydrogen) atoms. The SMILES string of the molecule is CC(C)(CNC(=O)NCC(=O)N1CCCC1)c1ccccc1. The summed E-state index contributed by atoms with van der Waals surface area (Å²) in [5, 5.41) is 5.49. The van der Waals surface area contributed by atoms with Gasteiger partial charge in [-0.05, 0) is 18.4 Å². The van der Waals surface area contributed by atoms with Crippen LogP contribution in [0.1, 0.15) is 32.3 Å². The molecule has 2 rings (SSSR count). The Kier molecular flexibility index (Phi) is 5.41. The number of hydrogen-bond donors (Lipinski definition) is 2. The lowest BCUT2D eigenvalue weighted by Gasteiger charge is -2.25. The normalized spacial score (nSPS) is 14.7. The molecule has 0 atom stereocenters. The van der Waals surface area contributed by atoms with Gasteiger partial charge in [0.15, 0.2) is 0 Å². The fourth-order valence-electron chi connectivity index (χ4n) is 2.59. The van der Waals surface area contributed by atoms with E-state index in [-0.39, 0.29) is 23.9 Å². The maximum Gasteiger partial charge on any atom is 0.315 e. The number of carbonyl (C=O) groups excluding carboxylic acids is 2. The van der Waals surface area contributed by atoms with Crippen molar-refractivity contribution in [3.05, 3.63) is 35.9 Å². The second kappa shape index (κ2) is 7.29. The standard InChI is InChI=1S/C17H25N3O2/c1-17(2,14-8-4-3-5-9-14)13-19-16(22)18-12-15(21)20-10-6-7-11-20/h3-5,8-9H,6-7,10-13H2,1-2H3,(H2,18,19,22). The Labute approximate surface area is 132 Å². The van der Waals surface area contributed by atoms with Crippen LogP contribution in [0.4, 0.5) is 4.79 Å². The first-order chi connectivity index (χ1) is 10.5. The molecular weight excluding hydrogens is 278 g/mol. The summed E-state index contributed by atoms with van der Waals surface area (Å²) >= 11 is 0. The molecule has 0 aromatic heterocycles. The van der Waals surface area contributed by atoms with E-state index in [9.17, 15) is 9.59 Å². The predicted molar refractivity (Wildman–Crippen MR) is 86.7 cm³/mol. The van der Waals surface area contributed by atoms with Crippen molar-refractivity contribution >= 4 is 11.9 Å². The number of rotatable bonds is 5. The van der Waals surface area contributed by atoms with E-state index in [0.717, 1.165) is 25.9 Å². The molecule has 0 unspecified atom stereocenters. The first-order valence-electron chi connectivity index (χ1n) is 7.84. The zero-order valence-corrected chi connectivity index (χ0v) is 13.4. The maximum atomic E-state index is 11.9. The highest BCUT2D eigenvalue weighted by molar-refractivity contribution is 5.84. The van der Waals surface area contributed by atoms with Gasteiger partial charge < -0.3 is 15.5 Å². The van der Waals surface area contributed by atoms with Gasteiger partial charge in [0.1, 0.15) is 0 Å². The monoisotopic (exact) mass is 303 g/mol. The van der Waals surface area contributed by atoms with E-state index in [1.54, 1.807) is 4.90 Å². The molecule has 5 nitrogen and oxygen atoms in total. The van der Waals surface area contributed by atoms with Crippen molar-refractivity contribution in [3.63, 3.8) is 0 Å². The van der Waals surface area contributed by atoms with E-state index >= 15 is 0 Å². The van der Waals surface area contributed by atoms with Gasteiger partial charge >= 0.3 is 6.03 Å². The van der Waals surface area contributed by atoms with Crippen LogP contribution in [0.15, 0.2) is 30.3 Å². The van der Waals surface area contributed by atoms with E-state index in [4.69, 9.17) is 0 Å². The van der Waals surface area contributed by atoms with Crippen LogP contribution in [0.3, 0.4) is 0 Å². The molecule has 0 bridgehead atoms. The van der Waals surface area contributed by atoms with Gasteiger partial charge in [0.2, 0.25) is 5.91 Å². The van der Waals surface area contributed by atoms with E-state index in [2.05, 4.69) is 36.6 Å². The number of benzene rings is 1. The minimum atomic E-state index is -0.295. The lowest BCUT2D eigenvalue weighted by atomic mass is 9.85. The van der Waals surface area contributed by atoms with Crippen molar-refractivity contribution in [1.82, 2.24) is 15.5 Å². The quantitative estimate of drug-likeness (QED) is 0.872. The summed E-state index contributed by atoms with van der Waals surface area (Å²) in [6, 6.07) is 9.77. The van der Waals surface area contributed by atoms with E-state index in [1.807, 2.05) is 18.2 Å². The van der Waals surface area contributed by atoms with Crippen LogP contribution in [0, 0.1) is 0 Å². The summed E-state index contributed by atoms with van der Waals surface area (Å²) < 4.78 is 0. The molecule has 1 heterocycles. The number of urea groups is 1. The molecule has 3 amide bonds. The molecule has 1 aromatic carbocycles. The van der Waals surface area contributed by atoms with Gasteiger partial charge in [0.05, 0.1) is 6.54 Å². The van der Waals surface area contributed by atoms with Crippen molar-refractivity contribution in [3.8, 4) is 0 Å². The third-order valence-corrected chi connectivity index (χ3v) is 4.11. The van der Waals surface area contributed by atoms with Crippen molar-refractivity contribution < 1.29 is 9.59 Å². The highest BCUT2D eigenvalue weighted by Gasteiger charge is 2.22. The second-order valence-corrected chi connectivity index (χ2v) is 6.37. The second-order valence-electron chi connectivity index (χ2n) is 6.37. The third kappa shape index (κ3) is 4.48. The summed E-state index contributed by atoms with van der Waals surface area (Å²) in [6.07, 6.45) is 2.12. The highest BCUT2D eigenvalue weighted by atomic mass is 16.2. The lowest BCUT2D eigenvalue weighted by molar-refractivity contribution is -0.128. The Bertz CT molecular complexity index is 508. The van der Waals surface area contributed by atoms with Crippen LogP contribution in [-0.4, -0.2) is 43.0 Å². The van der Waals surface area contributed by atoms with Gasteiger partial charge in [-0.25, -0.2) is 4.79 Å². The first-order valence-corrected chi connectivity index (χ1v) is 7.84. The maximum absolute atomic E-state index is 11.9. The molecule has 2 N–H and O–H groups in total. The lowest BCUT2D eigenvalue weighted by Crippen LogP contribution is -2.46. The third-order valence-electron chi connectivity index (χ3n) is 4.11. The molecule has 0 aliphatic carbocycles. The predicted octanol–water partition coefficient (Wildman–Crippen LogP) is 1.89. The van der Waals surface area contributed by atoms with Gasteiger partial charge in [-0.2, -0.15) is 0 Å². The van der Waals surface area contributed by atoms with E-state index in [1.165, 1.54) is 5.56 Å². The van der Waals surface area contributed by atoms with Crippen molar-refractivity contribution in [2.75, 3.05) is 26.2 Å². The number of hydrogen-bond acceptors (Lipinski definition) is 2. The average molecular weight is 303 g/mol. The molecule has 0 radical (unpaired) electrons. The summed E-state index contributed by atoms with van der Waals surface area (Å²) in [4.78, 5) is 25.5. The van der Waals surface area contributed by atoms with Gasteiger partial charge in [0, 0.05) is 25.0 Å². The van der Waals surface area contributed by atoms with Crippen molar-refractivity contribution in [2.24, 2.45) is 0 Å². The van der Waals surface area contributed by atoms with E-state index < -0.39 is 0 Å². The van der Waals surface area contributed by atoms with Crippen molar-refractivity contribution in [2.45, 2.75) is 32.1 Å². The Morgan fingerprint density at radius 3 is 2.36 bits per heavy atom. The van der Waals surface area contributed by atoms with E-state index in [0.29, 0.717) is 6.54 Å². The molecule has 0 saturated carbocycles. The van der Waals surface area contributed by atoms with Gasteiger partial charge in [-0.1, -0.05) is 44.2 Å². The first kappa shape index (κ1) is 16.3. The molecule has 1 fully saturated rings. The van der Waals surface area contributed by atoms with Gasteiger partial charge in [0.25, 0.3) is 0 Å². The number of nitrogens with one attached hydrogen (secondary N) is 2. The van der Waals surface area contributed by atoms with Crippen LogP contribution in [0.5, 0.6) is 0 Å². The summed E-state index contributed by atoms with van der Waals surface area (Å²) in [7, 11) is 0. The smallest absolute Gasteiger partial charge is 0.315 e. The molecule has 1 aromatic rings. The minimum absolute atomic E-state index is 0.00466. The Morgan fingerprint density at radius 2 is 1.73 bits per heavy atom. The van der Waals surface area contributed by atoms with Gasteiger partial charge in [-0.3, -0.25) is 4.79 Å². The largest absolute Gasteiger partial charge is 0.341 e. The molecular formula is C17H25N3O2. The number of likely N-dealkylation sites (tertiary alicyclic amines) is 1. The number of nitrogens with zero attached hydrogens (tertiary/aromatic N) is 1. The molecule has 5 heteroatoms. The Morgan fingerprint density at radius 1 is 1.09 bits per heavy atom. The summed E-state index contributed by atoms with van der Waals surface area (Å²) in [6.45, 7) is 6.36. The van der Waals surface area contributed by atoms with Crippen LogP contribution in [0.2, 0.25) is 0 Å². The zero-order valence-electron chi connectivity index (χ0n) is 13.4. The molecule has 1 aliphatic rings. The fraction of sp³-hybridized carbons (Fsp3) is 0.529. The molecule has 1 saturated heterocycles. The van der Waals surface area contributed by atoms with Crippen LogP contribution >= 0.6 is 0 Å². The topological polar surface area (TPSA) is 61.4 Å². The van der Waals surface area contributed by atoms with Crippen LogP contribution in [-0.2, 0) is 10.2 Å². The molecule has 120 valence electrons. The zero-order chi connectivity index (χ0) is 16.0. The van der Waals surface area contributed by atoms with Gasteiger partial charge in [-0.15, -0.1) is 0 Å². The van der Waals surface area contributed by atoms with Crippen LogP contribution in [0.25, 0.3) is 0 Å². The molecule has 1 aliphatic heterocycles. The number of carbonyl (C=O) groups is 2. The minimum Gasteiger partial charge on any atom is -0.341 e. The summed E-state index contributed by atoms with van der Waals surface area (Å²) in [5.41, 5.74) is 1.01. The number of amides is 3. The summed E-state index contributed by atoms with van der Waals surface area (Å²) in [5.74, 6) is -0.00466. The Balaban J connectivity index is 1.74. The average Bonchev–Trinajstić information content (AvgIpc) is 3.06. The highest BCUT2D eigenvalue weighted by Crippen LogP contribution is 2.21. The Hall–Kier alpha value is -2.04. The fourth-order valence-corrected chi connectivity index (χ4v) is 2.59. The van der Waals surface area contributed by atoms with Crippen molar-refractivity contribution in [1.29, 1.82) is 0 Å². The van der Waals surface area contributed by atoms with Crippen LogP contribution < -0.4 is 10.6 Å². The molecule has 0 spiro atoms.